The van der Waals surface area contributed by atoms with Gasteiger partial charge >= 0.3 is 5.97 Å². The summed E-state index contributed by atoms with van der Waals surface area (Å²) < 4.78 is 10.2. The summed E-state index contributed by atoms with van der Waals surface area (Å²) in [4.78, 5) is 31.4. The molecule has 0 saturated carbocycles. The van der Waals surface area contributed by atoms with E-state index in [2.05, 4.69) is 20.4 Å². The van der Waals surface area contributed by atoms with Crippen molar-refractivity contribution in [1.29, 1.82) is 0 Å². The summed E-state index contributed by atoms with van der Waals surface area (Å²) in [6.45, 7) is 1.92. The maximum absolute atomic E-state index is 12.9. The third kappa shape index (κ3) is 4.97. The first-order valence-corrected chi connectivity index (χ1v) is 10.2. The molecule has 8 nitrogen and oxygen atoms in total. The quantitative estimate of drug-likeness (QED) is 0.611. The fourth-order valence-corrected chi connectivity index (χ4v) is 3.74. The first-order valence-electron chi connectivity index (χ1n) is 10.2. The average Bonchev–Trinajstić information content (AvgIpc) is 3.28. The standard InChI is InChI=1S/C23H24N4O4/c1-30-23(29)18-11-5-6-12-19(18)24-22(28)17-10-7-13-27(14-17)15-20-25-21(26-31-20)16-8-3-2-4-9-16/h2-6,8-9,11-12,17H,7,10,13-15H2,1H3,(H,24,28). The highest BCUT2D eigenvalue weighted by atomic mass is 16.5. The van der Waals surface area contributed by atoms with Crippen LogP contribution in [0.4, 0.5) is 5.69 Å². The Morgan fingerprint density at radius 2 is 1.94 bits per heavy atom. The summed E-state index contributed by atoms with van der Waals surface area (Å²) in [7, 11) is 1.32. The van der Waals surface area contributed by atoms with E-state index in [0.29, 0.717) is 36.1 Å². The average molecular weight is 420 g/mol. The summed E-state index contributed by atoms with van der Waals surface area (Å²) in [5, 5.41) is 6.95. The number of hydrogen-bond acceptors (Lipinski definition) is 7. The Morgan fingerprint density at radius 3 is 2.74 bits per heavy atom. The minimum Gasteiger partial charge on any atom is -0.465 e. The Kier molecular flexibility index (Phi) is 6.37. The molecule has 2 aromatic carbocycles. The molecule has 1 amide bonds. The van der Waals surface area contributed by atoms with Crippen LogP contribution in [-0.2, 0) is 16.1 Å². The minimum atomic E-state index is -0.480. The molecule has 1 N–H and O–H groups in total. The fraction of sp³-hybridized carbons (Fsp3) is 0.304. The molecular formula is C23H24N4O4. The number of carbonyl (C=O) groups is 2. The van der Waals surface area contributed by atoms with Crippen LogP contribution >= 0.6 is 0 Å². The van der Waals surface area contributed by atoms with E-state index in [1.165, 1.54) is 7.11 Å². The third-order valence-corrected chi connectivity index (χ3v) is 5.33. The van der Waals surface area contributed by atoms with Gasteiger partial charge in [0.2, 0.25) is 17.6 Å². The SMILES string of the molecule is COC(=O)c1ccccc1NC(=O)C1CCCN(Cc2nc(-c3ccccc3)no2)C1. The van der Waals surface area contributed by atoms with Crippen molar-refractivity contribution in [2.45, 2.75) is 19.4 Å². The molecule has 0 aliphatic carbocycles. The molecule has 160 valence electrons. The molecule has 1 aliphatic rings. The van der Waals surface area contributed by atoms with Crippen molar-refractivity contribution in [2.24, 2.45) is 5.92 Å². The Labute approximate surface area is 180 Å². The van der Waals surface area contributed by atoms with Gasteiger partial charge in [-0.25, -0.2) is 4.79 Å². The summed E-state index contributed by atoms with van der Waals surface area (Å²) in [6, 6.07) is 16.5. The zero-order valence-electron chi connectivity index (χ0n) is 17.3. The number of carbonyl (C=O) groups excluding carboxylic acids is 2. The van der Waals surface area contributed by atoms with Crippen molar-refractivity contribution in [2.75, 3.05) is 25.5 Å². The topological polar surface area (TPSA) is 97.6 Å². The van der Waals surface area contributed by atoms with Gasteiger partial charge in [0.15, 0.2) is 0 Å². The molecule has 0 bridgehead atoms. The largest absolute Gasteiger partial charge is 0.465 e. The van der Waals surface area contributed by atoms with Crippen LogP contribution in [0.5, 0.6) is 0 Å². The summed E-state index contributed by atoms with van der Waals surface area (Å²) in [5.74, 6) is 0.288. The molecule has 0 spiro atoms. The minimum absolute atomic E-state index is 0.114. The lowest BCUT2D eigenvalue weighted by Crippen LogP contribution is -2.40. The fourth-order valence-electron chi connectivity index (χ4n) is 3.74. The Balaban J connectivity index is 1.38. The van der Waals surface area contributed by atoms with E-state index >= 15 is 0 Å². The smallest absolute Gasteiger partial charge is 0.339 e. The molecule has 4 rings (SSSR count). The highest BCUT2D eigenvalue weighted by molar-refractivity contribution is 6.01. The van der Waals surface area contributed by atoms with Gasteiger partial charge in [-0.05, 0) is 31.5 Å². The van der Waals surface area contributed by atoms with Gasteiger partial charge in [-0.3, -0.25) is 9.69 Å². The van der Waals surface area contributed by atoms with Gasteiger partial charge in [-0.1, -0.05) is 47.6 Å². The molecule has 1 fully saturated rings. The number of benzene rings is 2. The van der Waals surface area contributed by atoms with Crippen LogP contribution in [0.25, 0.3) is 11.4 Å². The maximum atomic E-state index is 12.9. The maximum Gasteiger partial charge on any atom is 0.339 e. The third-order valence-electron chi connectivity index (χ3n) is 5.33. The normalized spacial score (nSPS) is 16.6. The second-order valence-electron chi connectivity index (χ2n) is 7.48. The number of ether oxygens (including phenoxy) is 1. The lowest BCUT2D eigenvalue weighted by molar-refractivity contribution is -0.121. The van der Waals surface area contributed by atoms with Crippen LogP contribution in [0.1, 0.15) is 29.1 Å². The molecule has 31 heavy (non-hydrogen) atoms. The number of piperidine rings is 1. The molecule has 3 aromatic rings. The number of methoxy groups -OCH3 is 1. The number of likely N-dealkylation sites (tertiary alicyclic amines) is 1. The molecular weight excluding hydrogens is 396 g/mol. The predicted octanol–water partition coefficient (Wildman–Crippen LogP) is 3.37. The van der Waals surface area contributed by atoms with E-state index in [9.17, 15) is 9.59 Å². The zero-order chi connectivity index (χ0) is 21.6. The Bertz CT molecular complexity index is 1050. The highest BCUT2D eigenvalue weighted by Crippen LogP contribution is 2.23. The van der Waals surface area contributed by atoms with Gasteiger partial charge in [-0.2, -0.15) is 4.98 Å². The lowest BCUT2D eigenvalue weighted by atomic mass is 9.97. The Hall–Kier alpha value is -3.52. The molecule has 2 heterocycles. The lowest BCUT2D eigenvalue weighted by Gasteiger charge is -2.31. The molecule has 8 heteroatoms. The van der Waals surface area contributed by atoms with E-state index in [-0.39, 0.29) is 11.8 Å². The van der Waals surface area contributed by atoms with E-state index in [1.807, 2.05) is 30.3 Å². The number of amides is 1. The second kappa shape index (κ2) is 9.53. The monoisotopic (exact) mass is 420 g/mol. The molecule has 0 radical (unpaired) electrons. The molecule has 1 atom stereocenters. The van der Waals surface area contributed by atoms with E-state index in [1.54, 1.807) is 24.3 Å². The highest BCUT2D eigenvalue weighted by Gasteiger charge is 2.28. The van der Waals surface area contributed by atoms with Crippen LogP contribution in [-0.4, -0.2) is 47.1 Å². The number of hydrogen-bond donors (Lipinski definition) is 1. The van der Waals surface area contributed by atoms with Gasteiger partial charge in [0.25, 0.3) is 0 Å². The van der Waals surface area contributed by atoms with E-state index in [4.69, 9.17) is 9.26 Å². The van der Waals surface area contributed by atoms with Crippen LogP contribution in [0.15, 0.2) is 59.1 Å². The first kappa shape index (κ1) is 20.7. The molecule has 1 aliphatic heterocycles. The van der Waals surface area contributed by atoms with Crippen molar-refractivity contribution in [3.05, 3.63) is 66.1 Å². The number of esters is 1. The number of aromatic nitrogens is 2. The van der Waals surface area contributed by atoms with E-state index < -0.39 is 5.97 Å². The van der Waals surface area contributed by atoms with Gasteiger partial charge in [0.1, 0.15) is 0 Å². The summed E-state index contributed by atoms with van der Waals surface area (Å²) >= 11 is 0. The number of nitrogens with one attached hydrogen (secondary N) is 1. The van der Waals surface area contributed by atoms with Crippen LogP contribution < -0.4 is 5.32 Å². The number of rotatable bonds is 6. The summed E-state index contributed by atoms with van der Waals surface area (Å²) in [5.41, 5.74) is 1.70. The van der Waals surface area contributed by atoms with Crippen LogP contribution in [0, 0.1) is 5.92 Å². The second-order valence-corrected chi connectivity index (χ2v) is 7.48. The number of anilines is 1. The first-order chi connectivity index (χ1) is 15.1. The van der Waals surface area contributed by atoms with Crippen molar-refractivity contribution in [3.63, 3.8) is 0 Å². The zero-order valence-corrected chi connectivity index (χ0v) is 17.3. The molecule has 1 unspecified atom stereocenters. The molecule has 1 saturated heterocycles. The van der Waals surface area contributed by atoms with Crippen molar-refractivity contribution in [3.8, 4) is 11.4 Å². The van der Waals surface area contributed by atoms with E-state index in [0.717, 1.165) is 24.9 Å². The van der Waals surface area contributed by atoms with Crippen LogP contribution in [0.3, 0.4) is 0 Å². The van der Waals surface area contributed by atoms with Crippen molar-refractivity contribution >= 4 is 17.6 Å². The molecule has 1 aromatic heterocycles. The van der Waals surface area contributed by atoms with Gasteiger partial charge in [-0.15, -0.1) is 0 Å². The van der Waals surface area contributed by atoms with Crippen molar-refractivity contribution in [1.82, 2.24) is 15.0 Å². The predicted molar refractivity (Wildman–Crippen MR) is 114 cm³/mol. The van der Waals surface area contributed by atoms with Gasteiger partial charge in [0, 0.05) is 12.1 Å². The van der Waals surface area contributed by atoms with Gasteiger partial charge < -0.3 is 14.6 Å². The van der Waals surface area contributed by atoms with Gasteiger partial charge in [0.05, 0.1) is 30.8 Å². The number of para-hydroxylation sites is 1. The van der Waals surface area contributed by atoms with Crippen LogP contribution in [0.2, 0.25) is 0 Å². The Morgan fingerprint density at radius 1 is 1.16 bits per heavy atom. The van der Waals surface area contributed by atoms with Crippen molar-refractivity contribution < 1.29 is 18.8 Å². The number of nitrogens with zero attached hydrogens (tertiary/aromatic N) is 3. The summed E-state index contributed by atoms with van der Waals surface area (Å²) in [6.07, 6.45) is 1.66.